The lowest BCUT2D eigenvalue weighted by molar-refractivity contribution is 0.669. The van der Waals surface area contributed by atoms with Crippen LogP contribution in [0.4, 0.5) is 17.1 Å². The first-order valence-electron chi connectivity index (χ1n) is 22.2. The van der Waals surface area contributed by atoms with Crippen LogP contribution in [-0.4, -0.2) is 4.57 Å². The second-order valence-electron chi connectivity index (χ2n) is 16.9. The van der Waals surface area contributed by atoms with Crippen LogP contribution in [0.15, 0.2) is 247 Å². The van der Waals surface area contributed by atoms with Crippen LogP contribution in [0.25, 0.3) is 104 Å². The molecule has 2 heterocycles. The summed E-state index contributed by atoms with van der Waals surface area (Å²) in [4.78, 5) is 2.37. The van der Waals surface area contributed by atoms with Crippen molar-refractivity contribution in [2.45, 2.75) is 0 Å². The van der Waals surface area contributed by atoms with Crippen molar-refractivity contribution in [3.05, 3.63) is 243 Å². The Morgan fingerprint density at radius 1 is 0.277 bits per heavy atom. The maximum Gasteiger partial charge on any atom is 0.136 e. The lowest BCUT2D eigenvalue weighted by Gasteiger charge is -2.27. The van der Waals surface area contributed by atoms with E-state index in [2.05, 4.69) is 240 Å². The Kier molecular flexibility index (Phi) is 8.53. The van der Waals surface area contributed by atoms with E-state index in [9.17, 15) is 0 Å². The molecule has 0 unspecified atom stereocenters. The number of furan rings is 1. The molecule has 13 aromatic rings. The van der Waals surface area contributed by atoms with E-state index in [1.54, 1.807) is 0 Å². The van der Waals surface area contributed by atoms with Crippen LogP contribution in [0.3, 0.4) is 0 Å². The second kappa shape index (κ2) is 15.0. The molecule has 3 nitrogen and oxygen atoms in total. The molecule has 0 spiro atoms. The van der Waals surface area contributed by atoms with Crippen molar-refractivity contribution in [2.24, 2.45) is 0 Å². The topological polar surface area (TPSA) is 21.3 Å². The van der Waals surface area contributed by atoms with Crippen LogP contribution in [0, 0.1) is 0 Å². The largest absolute Gasteiger partial charge is 0.456 e. The maximum absolute atomic E-state index is 6.34. The zero-order chi connectivity index (χ0) is 42.8. The predicted molar refractivity (Wildman–Crippen MR) is 274 cm³/mol. The first-order valence-corrected chi connectivity index (χ1v) is 22.2. The normalized spacial score (nSPS) is 11.7. The Labute approximate surface area is 376 Å². The van der Waals surface area contributed by atoms with Gasteiger partial charge in [-0.25, -0.2) is 0 Å². The minimum absolute atomic E-state index is 0.889. The molecule has 13 rings (SSSR count). The van der Waals surface area contributed by atoms with E-state index < -0.39 is 0 Å². The van der Waals surface area contributed by atoms with E-state index in [-0.39, 0.29) is 0 Å². The summed E-state index contributed by atoms with van der Waals surface area (Å²) in [6, 6.07) is 87.8. The Morgan fingerprint density at radius 3 is 1.51 bits per heavy atom. The fourth-order valence-corrected chi connectivity index (χ4v) is 10.0. The first kappa shape index (κ1) is 36.9. The Morgan fingerprint density at radius 2 is 0.785 bits per heavy atom. The number of anilines is 3. The zero-order valence-corrected chi connectivity index (χ0v) is 35.4. The van der Waals surface area contributed by atoms with Gasteiger partial charge in [-0.15, -0.1) is 0 Å². The predicted octanol–water partition coefficient (Wildman–Crippen LogP) is 17.5. The van der Waals surface area contributed by atoms with Crippen LogP contribution >= 0.6 is 0 Å². The number of hydrogen-bond acceptors (Lipinski definition) is 2. The molecule has 0 amide bonds. The summed E-state index contributed by atoms with van der Waals surface area (Å²) in [6.07, 6.45) is 0. The Hall–Kier alpha value is -8.66. The molecular weight excluding hydrogens is 789 g/mol. The van der Waals surface area contributed by atoms with E-state index in [0.29, 0.717) is 0 Å². The standard InChI is InChI=1S/C62H40N2O/c1-2-19-53-42(12-1)26-27-48-36-46(30-34-54(48)53)44-14-10-16-50(38-44)63(51-17-11-15-45(39-51)47-31-35-58-57-22-5-8-25-61(57)65-62(58)40-47)49-32-28-41(29-33-49)43-13-9-18-52(37-43)64-59-23-6-3-20-55(59)56-21-4-7-24-60(56)64/h1-40H. The SMILES string of the molecule is c1cc(-c2ccc3c(ccc4ccccc43)c2)cc(N(c2ccc(-c3cccc(-n4c5ccccc5c5ccccc54)c3)cc2)c2cccc(-c3ccc4c(c3)oc3ccccc34)c2)c1. The molecule has 0 saturated heterocycles. The van der Waals surface area contributed by atoms with Gasteiger partial charge >= 0.3 is 0 Å². The third kappa shape index (κ3) is 6.28. The maximum atomic E-state index is 6.34. The second-order valence-corrected chi connectivity index (χ2v) is 16.9. The fraction of sp³-hybridized carbons (Fsp3) is 0. The lowest BCUT2D eigenvalue weighted by Crippen LogP contribution is -2.10. The van der Waals surface area contributed by atoms with Crippen LogP contribution < -0.4 is 4.90 Å². The van der Waals surface area contributed by atoms with E-state index in [1.807, 2.05) is 12.1 Å². The number of rotatable bonds is 7. The van der Waals surface area contributed by atoms with Gasteiger partial charge in [-0.05, 0) is 140 Å². The fourth-order valence-electron chi connectivity index (χ4n) is 10.0. The molecule has 65 heavy (non-hydrogen) atoms. The highest BCUT2D eigenvalue weighted by molar-refractivity contribution is 6.10. The van der Waals surface area contributed by atoms with Crippen LogP contribution in [-0.2, 0) is 0 Å². The van der Waals surface area contributed by atoms with Crippen molar-refractivity contribution in [1.29, 1.82) is 0 Å². The highest BCUT2D eigenvalue weighted by Gasteiger charge is 2.17. The van der Waals surface area contributed by atoms with Crippen molar-refractivity contribution in [3.63, 3.8) is 0 Å². The van der Waals surface area contributed by atoms with Crippen molar-refractivity contribution < 1.29 is 4.42 Å². The van der Waals surface area contributed by atoms with Crippen LogP contribution in [0.2, 0.25) is 0 Å². The average Bonchev–Trinajstić information content (AvgIpc) is 3.92. The molecular formula is C62H40N2O. The van der Waals surface area contributed by atoms with E-state index >= 15 is 0 Å². The molecule has 0 aliphatic rings. The summed E-state index contributed by atoms with van der Waals surface area (Å²) in [5.74, 6) is 0. The minimum Gasteiger partial charge on any atom is -0.456 e. The summed E-state index contributed by atoms with van der Waals surface area (Å²) < 4.78 is 8.72. The van der Waals surface area contributed by atoms with Gasteiger partial charge in [-0.2, -0.15) is 0 Å². The highest BCUT2D eigenvalue weighted by atomic mass is 16.3. The van der Waals surface area contributed by atoms with E-state index in [4.69, 9.17) is 4.42 Å². The Balaban J connectivity index is 0.913. The highest BCUT2D eigenvalue weighted by Crippen LogP contribution is 2.41. The van der Waals surface area contributed by atoms with Gasteiger partial charge in [0.2, 0.25) is 0 Å². The van der Waals surface area contributed by atoms with Crippen molar-refractivity contribution >= 4 is 82.4 Å². The van der Waals surface area contributed by atoms with Gasteiger partial charge in [-0.3, -0.25) is 0 Å². The number of benzene rings is 11. The molecule has 0 radical (unpaired) electrons. The summed E-state index contributed by atoms with van der Waals surface area (Å²) in [7, 11) is 0. The van der Waals surface area contributed by atoms with Crippen molar-refractivity contribution in [1.82, 2.24) is 4.57 Å². The molecule has 304 valence electrons. The van der Waals surface area contributed by atoms with Gasteiger partial charge in [0.1, 0.15) is 11.2 Å². The third-order valence-corrected chi connectivity index (χ3v) is 13.1. The van der Waals surface area contributed by atoms with Crippen LogP contribution in [0.5, 0.6) is 0 Å². The smallest absolute Gasteiger partial charge is 0.136 e. The summed E-state index contributed by atoms with van der Waals surface area (Å²) >= 11 is 0. The molecule has 3 heteroatoms. The Bertz CT molecular complexity index is 3910. The molecule has 0 atom stereocenters. The van der Waals surface area contributed by atoms with Gasteiger partial charge in [0.05, 0.1) is 11.0 Å². The summed E-state index contributed by atoms with van der Waals surface area (Å²) in [5.41, 5.74) is 15.4. The number of hydrogen-bond donors (Lipinski definition) is 0. The zero-order valence-electron chi connectivity index (χ0n) is 35.4. The number of nitrogens with zero attached hydrogens (tertiary/aromatic N) is 2. The molecule has 0 saturated carbocycles. The molecule has 0 aliphatic heterocycles. The number of aromatic nitrogens is 1. The van der Waals surface area contributed by atoms with Crippen molar-refractivity contribution in [3.8, 4) is 39.1 Å². The molecule has 0 N–H and O–H groups in total. The van der Waals surface area contributed by atoms with Gasteiger partial charge in [0.15, 0.2) is 0 Å². The first-order chi connectivity index (χ1) is 32.2. The third-order valence-electron chi connectivity index (χ3n) is 13.1. The molecule has 0 fully saturated rings. The van der Waals surface area contributed by atoms with E-state index in [0.717, 1.165) is 72.5 Å². The monoisotopic (exact) mass is 828 g/mol. The van der Waals surface area contributed by atoms with Gasteiger partial charge < -0.3 is 13.9 Å². The number of fused-ring (bicyclic) bond motifs is 9. The minimum atomic E-state index is 0.889. The molecule has 0 aliphatic carbocycles. The summed E-state index contributed by atoms with van der Waals surface area (Å²) in [5, 5.41) is 9.81. The van der Waals surface area contributed by atoms with Gasteiger partial charge in [-0.1, -0.05) is 158 Å². The molecule has 0 bridgehead atoms. The van der Waals surface area contributed by atoms with E-state index in [1.165, 1.54) is 48.9 Å². The van der Waals surface area contributed by atoms with Gasteiger partial charge in [0, 0.05) is 44.3 Å². The number of para-hydroxylation sites is 3. The molecule has 11 aromatic carbocycles. The van der Waals surface area contributed by atoms with Crippen molar-refractivity contribution in [2.75, 3.05) is 4.90 Å². The van der Waals surface area contributed by atoms with Gasteiger partial charge in [0.25, 0.3) is 0 Å². The van der Waals surface area contributed by atoms with Crippen LogP contribution in [0.1, 0.15) is 0 Å². The molecule has 2 aromatic heterocycles. The lowest BCUT2D eigenvalue weighted by atomic mass is 9.97. The quantitative estimate of drug-likeness (QED) is 0.149. The summed E-state index contributed by atoms with van der Waals surface area (Å²) in [6.45, 7) is 0. The average molecular weight is 829 g/mol.